The van der Waals surface area contributed by atoms with Gasteiger partial charge < -0.3 is 9.84 Å². The van der Waals surface area contributed by atoms with Gasteiger partial charge in [-0.25, -0.2) is 9.59 Å². The molecule has 1 N–H and O–H groups in total. The average Bonchev–Trinajstić information content (AvgIpc) is 2.49. The van der Waals surface area contributed by atoms with E-state index in [-0.39, 0.29) is 12.1 Å². The number of carboxylic acids is 1. The highest BCUT2D eigenvalue weighted by atomic mass is 16.6. The third-order valence-electron chi connectivity index (χ3n) is 3.32. The molecule has 2 heterocycles. The van der Waals surface area contributed by atoms with E-state index in [0.717, 1.165) is 6.42 Å². The molecule has 18 heavy (non-hydrogen) atoms. The van der Waals surface area contributed by atoms with Crippen molar-refractivity contribution in [3.8, 4) is 0 Å². The quantitative estimate of drug-likeness (QED) is 0.777. The van der Waals surface area contributed by atoms with Crippen molar-refractivity contribution >= 4 is 12.1 Å². The molecular formula is C13H19NO4. The van der Waals surface area contributed by atoms with Crippen molar-refractivity contribution in [3.63, 3.8) is 0 Å². The van der Waals surface area contributed by atoms with E-state index >= 15 is 0 Å². The van der Waals surface area contributed by atoms with E-state index in [4.69, 9.17) is 9.84 Å². The lowest BCUT2D eigenvalue weighted by molar-refractivity contribution is -0.133. The van der Waals surface area contributed by atoms with Crippen LogP contribution in [0.5, 0.6) is 0 Å². The Labute approximate surface area is 106 Å². The lowest BCUT2D eigenvalue weighted by Crippen LogP contribution is -2.47. The molecule has 1 amide bonds. The summed E-state index contributed by atoms with van der Waals surface area (Å²) >= 11 is 0. The molecule has 5 heteroatoms. The molecule has 2 atom stereocenters. The van der Waals surface area contributed by atoms with Crippen LogP contribution in [0.3, 0.4) is 0 Å². The van der Waals surface area contributed by atoms with E-state index in [2.05, 4.69) is 0 Å². The van der Waals surface area contributed by atoms with Crippen LogP contribution in [-0.2, 0) is 9.53 Å². The molecule has 0 radical (unpaired) electrons. The first-order valence-electron chi connectivity index (χ1n) is 6.24. The number of amides is 1. The molecule has 2 bridgehead atoms. The van der Waals surface area contributed by atoms with Gasteiger partial charge in [0.25, 0.3) is 0 Å². The summed E-state index contributed by atoms with van der Waals surface area (Å²) in [4.78, 5) is 24.9. The number of hydrogen-bond donors (Lipinski definition) is 1. The first-order chi connectivity index (χ1) is 8.29. The van der Waals surface area contributed by atoms with Crippen LogP contribution in [0.1, 0.15) is 40.0 Å². The van der Waals surface area contributed by atoms with E-state index in [1.54, 1.807) is 11.0 Å². The number of aliphatic carboxylic acids is 1. The van der Waals surface area contributed by atoms with Gasteiger partial charge in [-0.15, -0.1) is 0 Å². The molecule has 1 saturated heterocycles. The van der Waals surface area contributed by atoms with Crippen molar-refractivity contribution in [2.75, 3.05) is 0 Å². The molecule has 0 saturated carbocycles. The number of carbonyl (C=O) groups is 2. The average molecular weight is 253 g/mol. The number of nitrogens with zero attached hydrogens (tertiary/aromatic N) is 1. The number of hydrogen-bond acceptors (Lipinski definition) is 3. The van der Waals surface area contributed by atoms with Gasteiger partial charge in [0.15, 0.2) is 0 Å². The molecule has 1 fully saturated rings. The molecule has 100 valence electrons. The van der Waals surface area contributed by atoms with Crippen molar-refractivity contribution in [2.24, 2.45) is 0 Å². The smallest absolute Gasteiger partial charge is 0.411 e. The topological polar surface area (TPSA) is 66.8 Å². The molecule has 5 nitrogen and oxygen atoms in total. The van der Waals surface area contributed by atoms with Crippen LogP contribution in [0.15, 0.2) is 11.6 Å². The number of carboxylic acid groups (broad SMARTS) is 1. The van der Waals surface area contributed by atoms with Gasteiger partial charge in [-0.05, 0) is 40.0 Å². The Morgan fingerprint density at radius 1 is 1.39 bits per heavy atom. The second-order valence-electron chi connectivity index (χ2n) is 5.83. The van der Waals surface area contributed by atoms with Gasteiger partial charge in [-0.2, -0.15) is 0 Å². The second kappa shape index (κ2) is 4.30. The normalized spacial score (nSPS) is 26.8. The minimum atomic E-state index is -0.936. The maximum Gasteiger partial charge on any atom is 0.411 e. The van der Waals surface area contributed by atoms with Crippen LogP contribution in [0.2, 0.25) is 0 Å². The molecule has 2 rings (SSSR count). The highest BCUT2D eigenvalue weighted by Crippen LogP contribution is 2.36. The van der Waals surface area contributed by atoms with Crippen LogP contribution in [0.4, 0.5) is 4.79 Å². The fourth-order valence-corrected chi connectivity index (χ4v) is 2.64. The molecule has 0 aliphatic carbocycles. The molecule has 0 spiro atoms. The number of fused-ring (bicyclic) bond motifs is 2. The van der Waals surface area contributed by atoms with Crippen molar-refractivity contribution in [1.82, 2.24) is 4.90 Å². The van der Waals surface area contributed by atoms with E-state index in [9.17, 15) is 9.59 Å². The molecule has 0 aromatic rings. The summed E-state index contributed by atoms with van der Waals surface area (Å²) in [6, 6.07) is -0.232. The lowest BCUT2D eigenvalue weighted by atomic mass is 10.0. The van der Waals surface area contributed by atoms with Crippen LogP contribution < -0.4 is 0 Å². The maximum absolute atomic E-state index is 12.1. The summed E-state index contributed by atoms with van der Waals surface area (Å²) in [7, 11) is 0. The second-order valence-corrected chi connectivity index (χ2v) is 5.83. The predicted octanol–water partition coefficient (Wildman–Crippen LogP) is 2.17. The standard InChI is InChI=1S/C13H19NO4/c1-13(2,3)18-12(17)14-8-4-6-9(11(15)16)10(14)7-5-8/h6,8,10H,4-5,7H2,1-3H3,(H,15,16). The van der Waals surface area contributed by atoms with Gasteiger partial charge in [0.05, 0.1) is 11.6 Å². The van der Waals surface area contributed by atoms with E-state index < -0.39 is 17.7 Å². The predicted molar refractivity (Wildman–Crippen MR) is 65.2 cm³/mol. The molecule has 0 aromatic heterocycles. The SMILES string of the molecule is CC(C)(C)OC(=O)N1C2CC=C(C(=O)O)C1CC2. The summed E-state index contributed by atoms with van der Waals surface area (Å²) in [5, 5.41) is 9.14. The zero-order chi connectivity index (χ0) is 13.5. The summed E-state index contributed by atoms with van der Waals surface area (Å²) < 4.78 is 5.35. The highest BCUT2D eigenvalue weighted by Gasteiger charge is 2.44. The molecule has 0 aromatic carbocycles. The Morgan fingerprint density at radius 2 is 2.06 bits per heavy atom. The van der Waals surface area contributed by atoms with Gasteiger partial charge in [-0.3, -0.25) is 4.90 Å². The fourth-order valence-electron chi connectivity index (χ4n) is 2.64. The summed E-state index contributed by atoms with van der Waals surface area (Å²) in [6.07, 6.45) is 3.50. The Bertz CT molecular complexity index is 408. The third-order valence-corrected chi connectivity index (χ3v) is 3.32. The minimum absolute atomic E-state index is 0.0907. The molecule has 2 aliphatic heterocycles. The van der Waals surface area contributed by atoms with E-state index in [1.165, 1.54) is 0 Å². The van der Waals surface area contributed by atoms with Crippen LogP contribution >= 0.6 is 0 Å². The lowest BCUT2D eigenvalue weighted by Gasteiger charge is -2.35. The molecule has 2 aliphatic rings. The summed E-state index contributed by atoms with van der Waals surface area (Å²) in [5.41, 5.74) is -0.226. The summed E-state index contributed by atoms with van der Waals surface area (Å²) in [5.74, 6) is -0.936. The third kappa shape index (κ3) is 2.35. The van der Waals surface area contributed by atoms with Crippen molar-refractivity contribution in [3.05, 3.63) is 11.6 Å². The van der Waals surface area contributed by atoms with Crippen molar-refractivity contribution in [2.45, 2.75) is 57.7 Å². The Morgan fingerprint density at radius 3 is 2.61 bits per heavy atom. The number of carbonyl (C=O) groups excluding carboxylic acids is 1. The number of rotatable bonds is 1. The van der Waals surface area contributed by atoms with E-state index in [0.29, 0.717) is 18.4 Å². The molecular weight excluding hydrogens is 234 g/mol. The zero-order valence-corrected chi connectivity index (χ0v) is 11.0. The van der Waals surface area contributed by atoms with Crippen LogP contribution in [-0.4, -0.2) is 39.8 Å². The molecule has 2 unspecified atom stereocenters. The van der Waals surface area contributed by atoms with Gasteiger partial charge in [0.1, 0.15) is 5.60 Å². The van der Waals surface area contributed by atoms with Gasteiger partial charge in [-0.1, -0.05) is 6.08 Å². The van der Waals surface area contributed by atoms with Crippen molar-refractivity contribution < 1.29 is 19.4 Å². The van der Waals surface area contributed by atoms with Gasteiger partial charge in [0, 0.05) is 6.04 Å². The minimum Gasteiger partial charge on any atom is -0.478 e. The Kier molecular flexibility index (Phi) is 3.09. The van der Waals surface area contributed by atoms with Crippen LogP contribution in [0, 0.1) is 0 Å². The first-order valence-corrected chi connectivity index (χ1v) is 6.24. The van der Waals surface area contributed by atoms with E-state index in [1.807, 2.05) is 20.8 Å². The van der Waals surface area contributed by atoms with Crippen molar-refractivity contribution in [1.29, 1.82) is 0 Å². The Hall–Kier alpha value is -1.52. The van der Waals surface area contributed by atoms with Crippen LogP contribution in [0.25, 0.3) is 0 Å². The van der Waals surface area contributed by atoms with Gasteiger partial charge >= 0.3 is 12.1 Å². The zero-order valence-electron chi connectivity index (χ0n) is 11.0. The first kappa shape index (κ1) is 12.9. The largest absolute Gasteiger partial charge is 0.478 e. The number of ether oxygens (including phenoxy) is 1. The fraction of sp³-hybridized carbons (Fsp3) is 0.692. The Balaban J connectivity index is 2.18. The summed E-state index contributed by atoms with van der Waals surface area (Å²) in [6.45, 7) is 5.43. The van der Waals surface area contributed by atoms with Gasteiger partial charge in [0.2, 0.25) is 0 Å². The highest BCUT2D eigenvalue weighted by molar-refractivity contribution is 5.89. The maximum atomic E-state index is 12.1. The monoisotopic (exact) mass is 253 g/mol.